The number of carbonyl (C=O) groups is 3. The molecular formula is C28H45N3O5. The molecule has 0 unspecified atom stereocenters. The van der Waals surface area contributed by atoms with Crippen LogP contribution in [-0.4, -0.2) is 54.7 Å². The van der Waals surface area contributed by atoms with Gasteiger partial charge in [-0.2, -0.15) is 0 Å². The number of hydrogen-bond donors (Lipinski definition) is 3. The highest BCUT2D eigenvalue weighted by Gasteiger charge is 2.36. The number of hydrogen-bond acceptors (Lipinski definition) is 6. The summed E-state index contributed by atoms with van der Waals surface area (Å²) in [5.74, 6) is -1.21. The molecule has 1 aromatic rings. The Bertz CT molecular complexity index is 888. The number of benzene rings is 1. The lowest BCUT2D eigenvalue weighted by atomic mass is 9.79. The largest absolute Gasteiger partial charge is 0.466 e. The lowest BCUT2D eigenvalue weighted by molar-refractivity contribution is -0.147. The van der Waals surface area contributed by atoms with E-state index in [1.165, 1.54) is 0 Å². The lowest BCUT2D eigenvalue weighted by Gasteiger charge is -2.36. The fourth-order valence-corrected chi connectivity index (χ4v) is 4.81. The van der Waals surface area contributed by atoms with Crippen LogP contribution >= 0.6 is 0 Å². The van der Waals surface area contributed by atoms with Gasteiger partial charge in [0.2, 0.25) is 11.8 Å². The van der Waals surface area contributed by atoms with E-state index in [-0.39, 0.29) is 43.1 Å². The number of esters is 1. The smallest absolute Gasteiger partial charge is 0.311 e. The highest BCUT2D eigenvalue weighted by Crippen LogP contribution is 2.34. The molecule has 0 saturated carbocycles. The summed E-state index contributed by atoms with van der Waals surface area (Å²) in [6.45, 7) is 10.8. The van der Waals surface area contributed by atoms with Crippen LogP contribution in [0.5, 0.6) is 0 Å². The zero-order chi connectivity index (χ0) is 26.9. The van der Waals surface area contributed by atoms with Crippen molar-refractivity contribution in [3.8, 4) is 0 Å². The van der Waals surface area contributed by atoms with Gasteiger partial charge in [0, 0.05) is 37.2 Å². The standard InChI is InChI=1S/C28H45N3O5/c1-6-8-13-30-26(34)19(3)14-24(32)22(29)16-28(4,5)17-25(33)31-18-21(27(35)36-7-2)15-20-11-9-10-12-23(20)31/h9-12,19,21-22,24,32H,6-8,13-18,29H2,1-5H3,(H,30,34)/t19-,21-,22+,24+/m1/s1. The van der Waals surface area contributed by atoms with Crippen molar-refractivity contribution in [3.63, 3.8) is 0 Å². The van der Waals surface area contributed by atoms with Gasteiger partial charge in [0.25, 0.3) is 0 Å². The second-order valence-electron chi connectivity index (χ2n) is 10.8. The molecule has 1 aromatic carbocycles. The van der Waals surface area contributed by atoms with Crippen LogP contribution < -0.4 is 16.0 Å². The molecule has 0 aliphatic carbocycles. The van der Waals surface area contributed by atoms with Gasteiger partial charge in [0.15, 0.2) is 0 Å². The number of aliphatic hydroxyl groups is 1. The van der Waals surface area contributed by atoms with Crippen molar-refractivity contribution < 1.29 is 24.2 Å². The minimum absolute atomic E-state index is 0.0796. The summed E-state index contributed by atoms with van der Waals surface area (Å²) in [4.78, 5) is 39.9. The number of para-hydroxylation sites is 1. The third-order valence-corrected chi connectivity index (χ3v) is 6.86. The molecule has 0 fully saturated rings. The zero-order valence-electron chi connectivity index (χ0n) is 22.6. The quantitative estimate of drug-likeness (QED) is 0.281. The summed E-state index contributed by atoms with van der Waals surface area (Å²) in [5, 5.41) is 13.6. The molecule has 0 saturated heterocycles. The lowest BCUT2D eigenvalue weighted by Crippen LogP contribution is -2.46. The van der Waals surface area contributed by atoms with E-state index in [0.29, 0.717) is 26.0 Å². The number of rotatable bonds is 13. The highest BCUT2D eigenvalue weighted by atomic mass is 16.5. The first-order valence-corrected chi connectivity index (χ1v) is 13.2. The molecule has 4 atom stereocenters. The van der Waals surface area contributed by atoms with E-state index in [1.807, 2.05) is 38.1 Å². The van der Waals surface area contributed by atoms with Crippen molar-refractivity contribution in [1.82, 2.24) is 5.32 Å². The number of fused-ring (bicyclic) bond motifs is 1. The Balaban J connectivity index is 2.00. The minimum atomic E-state index is -0.852. The molecule has 2 rings (SSSR count). The van der Waals surface area contributed by atoms with Crippen LogP contribution in [-0.2, 0) is 25.5 Å². The second kappa shape index (κ2) is 13.7. The number of ether oxygens (including phenoxy) is 1. The highest BCUT2D eigenvalue weighted by molar-refractivity contribution is 5.96. The molecule has 2 amide bonds. The van der Waals surface area contributed by atoms with E-state index in [1.54, 1.807) is 18.7 Å². The molecule has 4 N–H and O–H groups in total. The molecule has 8 heteroatoms. The van der Waals surface area contributed by atoms with Crippen molar-refractivity contribution in [1.29, 1.82) is 0 Å². The molecule has 1 aliphatic heterocycles. The van der Waals surface area contributed by atoms with Gasteiger partial charge in [-0.3, -0.25) is 14.4 Å². The molecule has 0 aromatic heterocycles. The summed E-state index contributed by atoms with van der Waals surface area (Å²) in [7, 11) is 0. The first-order chi connectivity index (χ1) is 17.0. The maximum Gasteiger partial charge on any atom is 0.311 e. The summed E-state index contributed by atoms with van der Waals surface area (Å²) in [6, 6.07) is 7.08. The van der Waals surface area contributed by atoms with Crippen LogP contribution in [0.4, 0.5) is 5.69 Å². The first-order valence-electron chi connectivity index (χ1n) is 13.2. The van der Waals surface area contributed by atoms with Crippen molar-refractivity contribution in [3.05, 3.63) is 29.8 Å². The number of carbonyl (C=O) groups excluding carboxylic acids is 3. The van der Waals surface area contributed by atoms with Crippen LogP contribution in [0.25, 0.3) is 0 Å². The van der Waals surface area contributed by atoms with Crippen LogP contribution in [0, 0.1) is 17.3 Å². The Kier molecular flexibility index (Phi) is 11.4. The van der Waals surface area contributed by atoms with E-state index in [2.05, 4.69) is 12.2 Å². The molecular weight excluding hydrogens is 458 g/mol. The van der Waals surface area contributed by atoms with Crippen LogP contribution in [0.2, 0.25) is 0 Å². The number of anilines is 1. The molecule has 0 radical (unpaired) electrons. The van der Waals surface area contributed by atoms with Crippen molar-refractivity contribution >= 4 is 23.5 Å². The molecule has 36 heavy (non-hydrogen) atoms. The Morgan fingerprint density at radius 2 is 1.94 bits per heavy atom. The SMILES string of the molecule is CCCCNC(=O)[C@H](C)C[C@H](O)[C@@H](N)CC(C)(C)CC(=O)N1C[C@H](C(=O)OCC)Cc2ccccc21. The summed E-state index contributed by atoms with van der Waals surface area (Å²) in [6.07, 6.45) is 2.52. The second-order valence-corrected chi connectivity index (χ2v) is 10.8. The molecule has 1 aliphatic rings. The third kappa shape index (κ3) is 8.59. The van der Waals surface area contributed by atoms with Gasteiger partial charge in [-0.25, -0.2) is 0 Å². The minimum Gasteiger partial charge on any atom is -0.466 e. The van der Waals surface area contributed by atoms with Gasteiger partial charge in [0.1, 0.15) is 0 Å². The van der Waals surface area contributed by atoms with Gasteiger partial charge < -0.3 is 25.8 Å². The number of amides is 2. The Labute approximate surface area is 215 Å². The van der Waals surface area contributed by atoms with E-state index in [0.717, 1.165) is 24.1 Å². The van der Waals surface area contributed by atoms with Gasteiger partial charge >= 0.3 is 5.97 Å². The normalized spacial score (nSPS) is 18.1. The third-order valence-electron chi connectivity index (χ3n) is 6.86. The first kappa shape index (κ1) is 29.8. The summed E-state index contributed by atoms with van der Waals surface area (Å²) in [5.41, 5.74) is 7.62. The molecule has 0 spiro atoms. The van der Waals surface area contributed by atoms with Crippen LogP contribution in [0.15, 0.2) is 24.3 Å². The van der Waals surface area contributed by atoms with Gasteiger partial charge in [-0.15, -0.1) is 0 Å². The number of unbranched alkanes of at least 4 members (excludes halogenated alkanes) is 1. The van der Waals surface area contributed by atoms with Crippen molar-refractivity contribution in [2.45, 2.75) is 85.3 Å². The average molecular weight is 504 g/mol. The van der Waals surface area contributed by atoms with Crippen LogP contribution in [0.1, 0.15) is 72.3 Å². The van der Waals surface area contributed by atoms with Crippen LogP contribution in [0.3, 0.4) is 0 Å². The molecule has 0 bridgehead atoms. The van der Waals surface area contributed by atoms with E-state index in [4.69, 9.17) is 10.5 Å². The van der Waals surface area contributed by atoms with Gasteiger partial charge in [0.05, 0.1) is 18.6 Å². The zero-order valence-corrected chi connectivity index (χ0v) is 22.6. The Hall–Kier alpha value is -2.45. The monoisotopic (exact) mass is 503 g/mol. The number of aliphatic hydroxyl groups excluding tert-OH is 1. The topological polar surface area (TPSA) is 122 Å². The fourth-order valence-electron chi connectivity index (χ4n) is 4.81. The molecule has 8 nitrogen and oxygen atoms in total. The van der Waals surface area contributed by atoms with Gasteiger partial charge in [-0.1, -0.05) is 52.3 Å². The van der Waals surface area contributed by atoms with Crippen molar-refractivity contribution in [2.24, 2.45) is 23.0 Å². The summed E-state index contributed by atoms with van der Waals surface area (Å²) >= 11 is 0. The van der Waals surface area contributed by atoms with E-state index < -0.39 is 23.5 Å². The maximum absolute atomic E-state index is 13.5. The summed E-state index contributed by atoms with van der Waals surface area (Å²) < 4.78 is 5.23. The number of nitrogens with one attached hydrogen (secondary N) is 1. The Morgan fingerprint density at radius 1 is 1.25 bits per heavy atom. The predicted molar refractivity (Wildman–Crippen MR) is 141 cm³/mol. The number of nitrogens with two attached hydrogens (primary N) is 1. The van der Waals surface area contributed by atoms with E-state index >= 15 is 0 Å². The number of nitrogens with zero attached hydrogens (tertiary/aromatic N) is 1. The van der Waals surface area contributed by atoms with Gasteiger partial charge in [-0.05, 0) is 49.7 Å². The average Bonchev–Trinajstić information content (AvgIpc) is 2.82. The van der Waals surface area contributed by atoms with E-state index in [9.17, 15) is 19.5 Å². The predicted octanol–water partition coefficient (Wildman–Crippen LogP) is 3.19. The molecule has 202 valence electrons. The Morgan fingerprint density at radius 3 is 2.61 bits per heavy atom. The molecule has 1 heterocycles. The maximum atomic E-state index is 13.5. The van der Waals surface area contributed by atoms with Crippen molar-refractivity contribution in [2.75, 3.05) is 24.6 Å². The fraction of sp³-hybridized carbons (Fsp3) is 0.679.